The van der Waals surface area contributed by atoms with E-state index in [1.54, 1.807) is 4.68 Å². The Morgan fingerprint density at radius 2 is 2.00 bits per heavy atom. The fourth-order valence-corrected chi connectivity index (χ4v) is 2.42. The minimum absolute atomic E-state index is 0.689. The molecule has 3 aromatic rings. The van der Waals surface area contributed by atoms with Crippen molar-refractivity contribution in [1.29, 1.82) is 0 Å². The highest BCUT2D eigenvalue weighted by atomic mass is 35.5. The zero-order chi connectivity index (χ0) is 12.7. The second-order valence-corrected chi connectivity index (χ2v) is 4.67. The van der Waals surface area contributed by atoms with E-state index < -0.39 is 0 Å². The monoisotopic (exact) mass is 257 g/mol. The number of rotatable bonds is 1. The maximum Gasteiger partial charge on any atom is 0.0895 e. The van der Waals surface area contributed by atoms with Crippen LogP contribution in [0.1, 0.15) is 5.69 Å². The summed E-state index contributed by atoms with van der Waals surface area (Å²) in [6.07, 6.45) is 1.84. The number of aryl methyl sites for hydroxylation is 2. The molecular formula is C14H12ClN3. The third kappa shape index (κ3) is 1.68. The Morgan fingerprint density at radius 3 is 2.72 bits per heavy atom. The van der Waals surface area contributed by atoms with Crippen LogP contribution in [0, 0.1) is 6.92 Å². The number of hydrogen-bond acceptors (Lipinski definition) is 2. The number of fused-ring (bicyclic) bond motifs is 1. The van der Waals surface area contributed by atoms with Crippen molar-refractivity contribution >= 4 is 22.5 Å². The normalized spacial score (nSPS) is 11.1. The van der Waals surface area contributed by atoms with Gasteiger partial charge in [0, 0.05) is 24.2 Å². The molecule has 0 fully saturated rings. The van der Waals surface area contributed by atoms with Crippen molar-refractivity contribution in [2.24, 2.45) is 7.05 Å². The SMILES string of the molecule is Cc1nn(C)c(-c2cnc3ccccc3c2)c1Cl. The first-order valence-corrected chi connectivity index (χ1v) is 6.09. The Hall–Kier alpha value is -1.87. The molecule has 0 aliphatic rings. The van der Waals surface area contributed by atoms with E-state index in [1.807, 2.05) is 44.4 Å². The van der Waals surface area contributed by atoms with Crippen molar-refractivity contribution in [3.05, 3.63) is 47.2 Å². The highest BCUT2D eigenvalue weighted by Crippen LogP contribution is 2.30. The van der Waals surface area contributed by atoms with Gasteiger partial charge in [0.15, 0.2) is 0 Å². The van der Waals surface area contributed by atoms with Gasteiger partial charge in [-0.15, -0.1) is 0 Å². The van der Waals surface area contributed by atoms with Crippen LogP contribution in [0.2, 0.25) is 5.02 Å². The van der Waals surface area contributed by atoms with E-state index in [0.717, 1.165) is 27.9 Å². The van der Waals surface area contributed by atoms with Crippen molar-refractivity contribution < 1.29 is 0 Å². The van der Waals surface area contributed by atoms with E-state index in [4.69, 9.17) is 11.6 Å². The minimum atomic E-state index is 0.689. The molecule has 0 bridgehead atoms. The van der Waals surface area contributed by atoms with Crippen molar-refractivity contribution in [3.8, 4) is 11.3 Å². The van der Waals surface area contributed by atoms with Gasteiger partial charge in [-0.1, -0.05) is 29.8 Å². The second kappa shape index (κ2) is 4.10. The molecule has 3 nitrogen and oxygen atoms in total. The Labute approximate surface area is 110 Å². The molecule has 0 unspecified atom stereocenters. The molecule has 0 radical (unpaired) electrons. The van der Waals surface area contributed by atoms with Crippen LogP contribution in [0.3, 0.4) is 0 Å². The summed E-state index contributed by atoms with van der Waals surface area (Å²) in [7, 11) is 1.89. The topological polar surface area (TPSA) is 30.7 Å². The summed E-state index contributed by atoms with van der Waals surface area (Å²) < 4.78 is 1.80. The predicted molar refractivity (Wildman–Crippen MR) is 73.7 cm³/mol. The van der Waals surface area contributed by atoms with E-state index in [2.05, 4.69) is 16.1 Å². The summed E-state index contributed by atoms with van der Waals surface area (Å²) in [5.74, 6) is 0. The Balaban J connectivity index is 2.25. The van der Waals surface area contributed by atoms with Crippen molar-refractivity contribution in [1.82, 2.24) is 14.8 Å². The molecule has 4 heteroatoms. The molecule has 0 aliphatic heterocycles. The highest BCUT2D eigenvalue weighted by Gasteiger charge is 2.13. The number of hydrogen-bond donors (Lipinski definition) is 0. The molecular weight excluding hydrogens is 246 g/mol. The zero-order valence-corrected chi connectivity index (χ0v) is 10.9. The lowest BCUT2D eigenvalue weighted by Crippen LogP contribution is -1.94. The molecule has 0 aliphatic carbocycles. The third-order valence-corrected chi connectivity index (χ3v) is 3.47. The van der Waals surface area contributed by atoms with Gasteiger partial charge in [0.2, 0.25) is 0 Å². The fraction of sp³-hybridized carbons (Fsp3) is 0.143. The quantitative estimate of drug-likeness (QED) is 0.667. The van der Waals surface area contributed by atoms with Gasteiger partial charge in [-0.2, -0.15) is 5.10 Å². The molecule has 3 rings (SSSR count). The van der Waals surface area contributed by atoms with Crippen LogP contribution in [-0.4, -0.2) is 14.8 Å². The van der Waals surface area contributed by atoms with Gasteiger partial charge in [0.25, 0.3) is 0 Å². The van der Waals surface area contributed by atoms with Crippen LogP contribution in [-0.2, 0) is 7.05 Å². The van der Waals surface area contributed by atoms with Crippen molar-refractivity contribution in [3.63, 3.8) is 0 Å². The van der Waals surface area contributed by atoms with E-state index in [9.17, 15) is 0 Å². The van der Waals surface area contributed by atoms with Gasteiger partial charge >= 0.3 is 0 Å². The third-order valence-electron chi connectivity index (χ3n) is 3.01. The summed E-state index contributed by atoms with van der Waals surface area (Å²) in [5, 5.41) is 6.12. The first-order valence-electron chi connectivity index (χ1n) is 5.71. The van der Waals surface area contributed by atoms with Crippen LogP contribution >= 0.6 is 11.6 Å². The van der Waals surface area contributed by atoms with Gasteiger partial charge in [-0.25, -0.2) is 0 Å². The lowest BCUT2D eigenvalue weighted by atomic mass is 10.1. The molecule has 0 atom stereocenters. The molecule has 1 aromatic carbocycles. The predicted octanol–water partition coefficient (Wildman–Crippen LogP) is 3.60. The summed E-state index contributed by atoms with van der Waals surface area (Å²) in [6, 6.07) is 10.1. The van der Waals surface area contributed by atoms with E-state index in [-0.39, 0.29) is 0 Å². The van der Waals surface area contributed by atoms with Gasteiger partial charge < -0.3 is 0 Å². The van der Waals surface area contributed by atoms with Crippen LogP contribution in [0.5, 0.6) is 0 Å². The number of halogens is 1. The summed E-state index contributed by atoms with van der Waals surface area (Å²) in [6.45, 7) is 1.90. The van der Waals surface area contributed by atoms with E-state index in [1.165, 1.54) is 0 Å². The summed E-state index contributed by atoms with van der Waals surface area (Å²) in [5.41, 5.74) is 3.72. The summed E-state index contributed by atoms with van der Waals surface area (Å²) in [4.78, 5) is 4.45. The first-order chi connectivity index (χ1) is 8.66. The lowest BCUT2D eigenvalue weighted by molar-refractivity contribution is 0.764. The van der Waals surface area contributed by atoms with Gasteiger partial charge in [-0.05, 0) is 19.1 Å². The van der Waals surface area contributed by atoms with Gasteiger partial charge in [0.1, 0.15) is 0 Å². The van der Waals surface area contributed by atoms with E-state index in [0.29, 0.717) is 5.02 Å². The standard InChI is InChI=1S/C14H12ClN3/c1-9-13(15)14(18(2)17-9)11-7-10-5-3-4-6-12(10)16-8-11/h3-8H,1-2H3. The average Bonchev–Trinajstić information content (AvgIpc) is 2.63. The smallest absolute Gasteiger partial charge is 0.0895 e. The highest BCUT2D eigenvalue weighted by molar-refractivity contribution is 6.33. The van der Waals surface area contributed by atoms with Crippen molar-refractivity contribution in [2.75, 3.05) is 0 Å². The Bertz CT molecular complexity index is 731. The largest absolute Gasteiger partial charge is 0.266 e. The molecule has 0 N–H and O–H groups in total. The van der Waals surface area contributed by atoms with Crippen LogP contribution in [0.15, 0.2) is 36.5 Å². The molecule has 2 heterocycles. The minimum Gasteiger partial charge on any atom is -0.266 e. The molecule has 2 aromatic heterocycles. The molecule has 0 saturated heterocycles. The first kappa shape index (κ1) is 11.2. The fourth-order valence-electron chi connectivity index (χ4n) is 2.15. The van der Waals surface area contributed by atoms with Gasteiger partial charge in [0.05, 0.1) is 21.9 Å². The van der Waals surface area contributed by atoms with Crippen LogP contribution in [0.4, 0.5) is 0 Å². The van der Waals surface area contributed by atoms with Crippen molar-refractivity contribution in [2.45, 2.75) is 6.92 Å². The molecule has 0 amide bonds. The second-order valence-electron chi connectivity index (χ2n) is 4.29. The maximum atomic E-state index is 6.29. The van der Waals surface area contributed by atoms with Crippen LogP contribution in [0.25, 0.3) is 22.2 Å². The molecule has 0 saturated carbocycles. The van der Waals surface area contributed by atoms with Crippen LogP contribution < -0.4 is 0 Å². The number of benzene rings is 1. The Kier molecular flexibility index (Phi) is 2.56. The van der Waals surface area contributed by atoms with E-state index >= 15 is 0 Å². The lowest BCUT2D eigenvalue weighted by Gasteiger charge is -2.04. The van der Waals surface area contributed by atoms with Gasteiger partial charge in [-0.3, -0.25) is 9.67 Å². The Morgan fingerprint density at radius 1 is 1.22 bits per heavy atom. The number of nitrogens with zero attached hydrogens (tertiary/aromatic N) is 3. The zero-order valence-electron chi connectivity index (χ0n) is 10.2. The maximum absolute atomic E-state index is 6.29. The average molecular weight is 258 g/mol. The molecule has 0 spiro atoms. The molecule has 90 valence electrons. The number of pyridine rings is 1. The number of aromatic nitrogens is 3. The molecule has 18 heavy (non-hydrogen) atoms. The number of para-hydroxylation sites is 1. The summed E-state index contributed by atoms with van der Waals surface area (Å²) >= 11 is 6.29.